The summed E-state index contributed by atoms with van der Waals surface area (Å²) >= 11 is 0. The number of hydrogen-bond acceptors (Lipinski definition) is 4. The van der Waals surface area contributed by atoms with E-state index in [2.05, 4.69) is 45.0 Å². The van der Waals surface area contributed by atoms with Crippen molar-refractivity contribution in [1.29, 1.82) is 0 Å². The first kappa shape index (κ1) is 19.9. The third-order valence-corrected chi connectivity index (χ3v) is 5.44. The minimum atomic E-state index is -0.259. The Labute approximate surface area is 184 Å². The number of hydrogen-bond donors (Lipinski definition) is 0. The molecule has 32 heavy (non-hydrogen) atoms. The second-order valence-corrected chi connectivity index (χ2v) is 7.62. The molecule has 0 atom stereocenters. The van der Waals surface area contributed by atoms with Gasteiger partial charge < -0.3 is 4.57 Å². The SMILES string of the molecule is Cc1c(-c2nc(Cn3cncn3)nn2Cc2ccccc2F)ccn1Cc1ccccc1. The molecule has 0 saturated carbocycles. The van der Waals surface area contributed by atoms with Gasteiger partial charge in [0.05, 0.1) is 6.54 Å². The fourth-order valence-electron chi connectivity index (χ4n) is 3.75. The standard InChI is InChI=1S/C24H22FN7/c1-18-21(11-12-30(18)13-19-7-3-2-4-8-19)24-28-23(15-31-17-26-16-27-31)29-32(24)14-20-9-5-6-10-22(20)25/h2-12,16-17H,13-15H2,1H3. The van der Waals surface area contributed by atoms with Crippen molar-refractivity contribution in [3.8, 4) is 11.4 Å². The van der Waals surface area contributed by atoms with Gasteiger partial charge in [0.2, 0.25) is 0 Å². The van der Waals surface area contributed by atoms with Gasteiger partial charge in [0.15, 0.2) is 11.6 Å². The smallest absolute Gasteiger partial charge is 0.172 e. The predicted octanol–water partition coefficient (Wildman–Crippen LogP) is 3.93. The van der Waals surface area contributed by atoms with Crippen molar-refractivity contribution in [1.82, 2.24) is 34.1 Å². The summed E-state index contributed by atoms with van der Waals surface area (Å²) in [5.41, 5.74) is 3.82. The van der Waals surface area contributed by atoms with Crippen molar-refractivity contribution in [3.63, 3.8) is 0 Å². The zero-order valence-electron chi connectivity index (χ0n) is 17.6. The lowest BCUT2D eigenvalue weighted by Gasteiger charge is -2.09. The second-order valence-electron chi connectivity index (χ2n) is 7.62. The van der Waals surface area contributed by atoms with Gasteiger partial charge in [-0.25, -0.2) is 23.7 Å². The molecule has 2 aromatic carbocycles. The number of aromatic nitrogens is 7. The lowest BCUT2D eigenvalue weighted by Crippen LogP contribution is -2.08. The Bertz CT molecular complexity index is 1320. The van der Waals surface area contributed by atoms with E-state index >= 15 is 0 Å². The van der Waals surface area contributed by atoms with E-state index in [9.17, 15) is 4.39 Å². The summed E-state index contributed by atoms with van der Waals surface area (Å²) in [5, 5.41) is 8.82. The first-order chi connectivity index (χ1) is 15.7. The quantitative estimate of drug-likeness (QED) is 0.395. The molecule has 0 N–H and O–H groups in total. The van der Waals surface area contributed by atoms with Crippen LogP contribution in [0.3, 0.4) is 0 Å². The van der Waals surface area contributed by atoms with Gasteiger partial charge in [-0.15, -0.1) is 0 Å². The molecule has 160 valence electrons. The Balaban J connectivity index is 1.52. The molecule has 0 saturated heterocycles. The van der Waals surface area contributed by atoms with Crippen LogP contribution in [-0.2, 0) is 19.6 Å². The topological polar surface area (TPSA) is 66.3 Å². The molecule has 3 heterocycles. The van der Waals surface area contributed by atoms with Gasteiger partial charge in [-0.2, -0.15) is 10.2 Å². The van der Waals surface area contributed by atoms with Crippen molar-refractivity contribution in [2.24, 2.45) is 0 Å². The molecule has 0 aliphatic carbocycles. The number of benzene rings is 2. The molecule has 0 bridgehead atoms. The summed E-state index contributed by atoms with van der Waals surface area (Å²) < 4.78 is 20.0. The minimum Gasteiger partial charge on any atom is -0.347 e. The maximum atomic E-state index is 14.4. The van der Waals surface area contributed by atoms with Gasteiger partial charge in [-0.1, -0.05) is 48.5 Å². The number of rotatable bonds is 7. The molecule has 3 aromatic heterocycles. The van der Waals surface area contributed by atoms with E-state index in [0.717, 1.165) is 17.8 Å². The van der Waals surface area contributed by atoms with Crippen molar-refractivity contribution >= 4 is 0 Å². The van der Waals surface area contributed by atoms with Gasteiger partial charge >= 0.3 is 0 Å². The highest BCUT2D eigenvalue weighted by atomic mass is 19.1. The summed E-state index contributed by atoms with van der Waals surface area (Å²) in [5.74, 6) is 1.04. The molecule has 7 nitrogen and oxygen atoms in total. The number of nitrogens with zero attached hydrogens (tertiary/aromatic N) is 7. The third kappa shape index (κ3) is 4.07. The van der Waals surface area contributed by atoms with E-state index in [1.165, 1.54) is 18.0 Å². The van der Waals surface area contributed by atoms with E-state index < -0.39 is 0 Å². The fourth-order valence-corrected chi connectivity index (χ4v) is 3.75. The zero-order chi connectivity index (χ0) is 21.9. The molecule has 8 heteroatoms. The Morgan fingerprint density at radius 3 is 2.50 bits per heavy atom. The van der Waals surface area contributed by atoms with E-state index in [1.54, 1.807) is 27.8 Å². The van der Waals surface area contributed by atoms with Crippen LogP contribution in [0.2, 0.25) is 0 Å². The Hall–Kier alpha value is -4.07. The third-order valence-electron chi connectivity index (χ3n) is 5.44. The second kappa shape index (κ2) is 8.58. The van der Waals surface area contributed by atoms with Crippen LogP contribution in [0.25, 0.3) is 11.4 Å². The molecule has 0 fully saturated rings. The molecule has 5 aromatic rings. The number of halogens is 1. The molecule has 0 spiro atoms. The molecule has 5 rings (SSSR count). The van der Waals surface area contributed by atoms with Crippen molar-refractivity contribution in [2.75, 3.05) is 0 Å². The lowest BCUT2D eigenvalue weighted by atomic mass is 10.2. The molecular formula is C24H22FN7. The van der Waals surface area contributed by atoms with E-state index in [0.29, 0.717) is 23.8 Å². The normalized spacial score (nSPS) is 11.2. The minimum absolute atomic E-state index is 0.259. The van der Waals surface area contributed by atoms with Gasteiger partial charge in [-0.05, 0) is 24.6 Å². The van der Waals surface area contributed by atoms with Crippen molar-refractivity contribution in [3.05, 3.63) is 108 Å². The van der Waals surface area contributed by atoms with Crippen LogP contribution in [0.4, 0.5) is 4.39 Å². The maximum absolute atomic E-state index is 14.4. The predicted molar refractivity (Wildman–Crippen MR) is 118 cm³/mol. The van der Waals surface area contributed by atoms with Crippen LogP contribution < -0.4 is 0 Å². The van der Waals surface area contributed by atoms with Gasteiger partial charge in [0.1, 0.15) is 25.0 Å². The van der Waals surface area contributed by atoms with E-state index in [1.807, 2.05) is 30.3 Å². The average Bonchev–Trinajstić information content (AvgIpc) is 3.53. The van der Waals surface area contributed by atoms with E-state index in [4.69, 9.17) is 4.98 Å². The summed E-state index contributed by atoms with van der Waals surface area (Å²) in [7, 11) is 0. The Morgan fingerprint density at radius 1 is 0.906 bits per heavy atom. The molecule has 0 aliphatic rings. The molecule has 0 amide bonds. The highest BCUT2D eigenvalue weighted by molar-refractivity contribution is 5.59. The first-order valence-corrected chi connectivity index (χ1v) is 10.4. The highest BCUT2D eigenvalue weighted by Gasteiger charge is 2.18. The molecule has 0 unspecified atom stereocenters. The van der Waals surface area contributed by atoms with Crippen LogP contribution >= 0.6 is 0 Å². The lowest BCUT2D eigenvalue weighted by molar-refractivity contribution is 0.579. The largest absolute Gasteiger partial charge is 0.347 e. The summed E-state index contributed by atoms with van der Waals surface area (Å²) in [4.78, 5) is 8.77. The summed E-state index contributed by atoms with van der Waals surface area (Å²) in [6, 6.07) is 19.1. The van der Waals surface area contributed by atoms with Gasteiger partial charge in [0, 0.05) is 29.6 Å². The van der Waals surface area contributed by atoms with Crippen LogP contribution in [0, 0.1) is 12.7 Å². The fraction of sp³-hybridized carbons (Fsp3) is 0.167. The first-order valence-electron chi connectivity index (χ1n) is 10.4. The van der Waals surface area contributed by atoms with Crippen molar-refractivity contribution < 1.29 is 4.39 Å². The van der Waals surface area contributed by atoms with Gasteiger partial charge in [0.25, 0.3) is 0 Å². The summed E-state index contributed by atoms with van der Waals surface area (Å²) in [6.07, 6.45) is 5.15. The van der Waals surface area contributed by atoms with Crippen molar-refractivity contribution in [2.45, 2.75) is 26.6 Å². The average molecular weight is 427 g/mol. The van der Waals surface area contributed by atoms with Crippen LogP contribution in [-0.4, -0.2) is 34.1 Å². The van der Waals surface area contributed by atoms with Crippen LogP contribution in [0.1, 0.15) is 22.6 Å². The molecular weight excluding hydrogens is 405 g/mol. The maximum Gasteiger partial charge on any atom is 0.172 e. The van der Waals surface area contributed by atoms with E-state index in [-0.39, 0.29) is 12.4 Å². The molecule has 0 radical (unpaired) electrons. The Morgan fingerprint density at radius 2 is 1.72 bits per heavy atom. The zero-order valence-corrected chi connectivity index (χ0v) is 17.6. The highest BCUT2D eigenvalue weighted by Crippen LogP contribution is 2.25. The Kier molecular flexibility index (Phi) is 5.33. The van der Waals surface area contributed by atoms with Crippen LogP contribution in [0.5, 0.6) is 0 Å². The summed E-state index contributed by atoms with van der Waals surface area (Å²) in [6.45, 7) is 3.51. The van der Waals surface area contributed by atoms with Gasteiger partial charge in [-0.3, -0.25) is 0 Å². The monoisotopic (exact) mass is 427 g/mol. The molecule has 0 aliphatic heterocycles. The van der Waals surface area contributed by atoms with Crippen LogP contribution in [0.15, 0.2) is 79.5 Å².